The van der Waals surface area contributed by atoms with E-state index in [2.05, 4.69) is 30.6 Å². The van der Waals surface area contributed by atoms with Crippen LogP contribution in [0, 0.1) is 19.8 Å². The smallest absolute Gasteiger partial charge is 0.180 e. The fourth-order valence-electron chi connectivity index (χ4n) is 2.74. The van der Waals surface area contributed by atoms with Crippen molar-refractivity contribution in [2.75, 3.05) is 5.32 Å². The Morgan fingerprint density at radius 1 is 1.12 bits per heavy atom. The molecule has 1 aliphatic carbocycles. The topological polar surface area (TPSA) is 63.6 Å². The molecule has 3 aromatic rings. The Bertz CT molecular complexity index is 842. The molecule has 1 atom stereocenters. The number of pyridine rings is 1. The molecular formula is C18H19N5S. The molecule has 0 bridgehead atoms. The van der Waals surface area contributed by atoms with Crippen LogP contribution in [0.2, 0.25) is 0 Å². The van der Waals surface area contributed by atoms with Crippen LogP contribution in [-0.2, 0) is 0 Å². The van der Waals surface area contributed by atoms with Crippen molar-refractivity contribution >= 4 is 17.2 Å². The van der Waals surface area contributed by atoms with Gasteiger partial charge in [0.2, 0.25) is 0 Å². The maximum atomic E-state index is 4.68. The molecule has 0 saturated heterocycles. The third-order valence-corrected chi connectivity index (χ3v) is 5.09. The molecule has 0 spiro atoms. The highest BCUT2D eigenvalue weighted by molar-refractivity contribution is 7.09. The molecule has 3 heterocycles. The van der Waals surface area contributed by atoms with Gasteiger partial charge in [-0.3, -0.25) is 4.98 Å². The third-order valence-electron chi connectivity index (χ3n) is 4.05. The summed E-state index contributed by atoms with van der Waals surface area (Å²) in [5, 5.41) is 6.84. The number of aromatic nitrogens is 4. The van der Waals surface area contributed by atoms with Gasteiger partial charge in [-0.2, -0.15) is 0 Å². The third kappa shape index (κ3) is 3.28. The largest absolute Gasteiger partial charge is 0.360 e. The van der Waals surface area contributed by atoms with Crippen molar-refractivity contribution in [1.29, 1.82) is 0 Å². The van der Waals surface area contributed by atoms with Gasteiger partial charge in [0, 0.05) is 29.0 Å². The van der Waals surface area contributed by atoms with E-state index in [1.54, 1.807) is 17.5 Å². The Labute approximate surface area is 145 Å². The highest BCUT2D eigenvalue weighted by Crippen LogP contribution is 2.43. The summed E-state index contributed by atoms with van der Waals surface area (Å²) in [6.07, 6.45) is 4.25. The number of nitrogens with one attached hydrogen (secondary N) is 1. The lowest BCUT2D eigenvalue weighted by Gasteiger charge is -2.17. The van der Waals surface area contributed by atoms with E-state index >= 15 is 0 Å². The fraction of sp³-hybridized carbons (Fsp3) is 0.333. The van der Waals surface area contributed by atoms with E-state index in [1.165, 1.54) is 12.8 Å². The van der Waals surface area contributed by atoms with Crippen LogP contribution in [0.1, 0.15) is 35.3 Å². The van der Waals surface area contributed by atoms with Gasteiger partial charge in [-0.1, -0.05) is 6.07 Å². The van der Waals surface area contributed by atoms with Crippen molar-refractivity contribution in [3.8, 4) is 11.5 Å². The molecule has 1 fully saturated rings. The summed E-state index contributed by atoms with van der Waals surface area (Å²) in [5.41, 5.74) is 2.80. The van der Waals surface area contributed by atoms with E-state index in [-0.39, 0.29) is 6.04 Å². The van der Waals surface area contributed by atoms with Crippen LogP contribution < -0.4 is 5.32 Å². The maximum absolute atomic E-state index is 4.68. The van der Waals surface area contributed by atoms with Crippen molar-refractivity contribution in [2.45, 2.75) is 32.7 Å². The first-order chi connectivity index (χ1) is 11.7. The van der Waals surface area contributed by atoms with Gasteiger partial charge in [-0.25, -0.2) is 15.0 Å². The second-order valence-corrected chi connectivity index (χ2v) is 7.11. The predicted octanol–water partition coefficient (Wildman–Crippen LogP) is 4.18. The molecule has 122 valence electrons. The van der Waals surface area contributed by atoms with E-state index < -0.39 is 0 Å². The fourth-order valence-corrected chi connectivity index (χ4v) is 3.68. The Hall–Kier alpha value is -2.34. The van der Waals surface area contributed by atoms with Crippen molar-refractivity contribution in [3.63, 3.8) is 0 Å². The van der Waals surface area contributed by atoms with Gasteiger partial charge < -0.3 is 5.32 Å². The van der Waals surface area contributed by atoms with Gasteiger partial charge in [0.05, 0.1) is 6.04 Å². The molecule has 4 rings (SSSR count). The quantitative estimate of drug-likeness (QED) is 0.757. The summed E-state index contributed by atoms with van der Waals surface area (Å²) in [4.78, 5) is 18.2. The van der Waals surface area contributed by atoms with Crippen LogP contribution in [0.5, 0.6) is 0 Å². The van der Waals surface area contributed by atoms with Gasteiger partial charge in [-0.15, -0.1) is 11.3 Å². The average Bonchev–Trinajstić information content (AvgIpc) is 3.34. The van der Waals surface area contributed by atoms with Crippen LogP contribution >= 0.6 is 11.3 Å². The monoisotopic (exact) mass is 337 g/mol. The number of aryl methyl sites for hydroxylation is 2. The second-order valence-electron chi connectivity index (χ2n) is 6.22. The van der Waals surface area contributed by atoms with Crippen LogP contribution in [0.25, 0.3) is 11.5 Å². The molecule has 1 aliphatic rings. The molecule has 0 radical (unpaired) electrons. The predicted molar refractivity (Wildman–Crippen MR) is 95.9 cm³/mol. The summed E-state index contributed by atoms with van der Waals surface area (Å²) in [7, 11) is 0. The van der Waals surface area contributed by atoms with Crippen molar-refractivity contribution in [3.05, 3.63) is 52.2 Å². The number of anilines is 1. The standard InChI is InChI=1S/C18H19N5S/c1-11-9-15(23-17(20-11)14-5-3-4-8-19-14)22-16(13-6-7-13)18-21-12(2)10-24-18/h3-5,8-10,13,16H,6-7H2,1-2H3,(H,20,22,23)/t16-/m1/s1. The van der Waals surface area contributed by atoms with E-state index in [1.807, 2.05) is 38.1 Å². The van der Waals surface area contributed by atoms with Crippen LogP contribution in [0.3, 0.4) is 0 Å². The molecule has 0 amide bonds. The minimum atomic E-state index is 0.231. The first-order valence-electron chi connectivity index (χ1n) is 8.15. The summed E-state index contributed by atoms with van der Waals surface area (Å²) in [6, 6.07) is 8.00. The normalized spacial score (nSPS) is 15.2. The highest BCUT2D eigenvalue weighted by Gasteiger charge is 2.34. The summed E-state index contributed by atoms with van der Waals surface area (Å²) in [5.74, 6) is 2.14. The van der Waals surface area contributed by atoms with Gasteiger partial charge in [0.25, 0.3) is 0 Å². The molecule has 0 aromatic carbocycles. The Kier molecular flexibility index (Phi) is 3.98. The number of thiazole rings is 1. The van der Waals surface area contributed by atoms with Gasteiger partial charge in [-0.05, 0) is 44.7 Å². The van der Waals surface area contributed by atoms with E-state index in [4.69, 9.17) is 0 Å². The molecule has 3 aromatic heterocycles. The summed E-state index contributed by atoms with van der Waals surface area (Å²) in [6.45, 7) is 4.02. The van der Waals surface area contributed by atoms with Crippen molar-refractivity contribution in [2.24, 2.45) is 5.92 Å². The molecular weight excluding hydrogens is 318 g/mol. The van der Waals surface area contributed by atoms with Crippen molar-refractivity contribution in [1.82, 2.24) is 19.9 Å². The summed E-state index contributed by atoms with van der Waals surface area (Å²) >= 11 is 1.72. The zero-order chi connectivity index (χ0) is 16.5. The van der Waals surface area contributed by atoms with Crippen LogP contribution in [0.15, 0.2) is 35.8 Å². The molecule has 0 aliphatic heterocycles. The maximum Gasteiger partial charge on any atom is 0.180 e. The van der Waals surface area contributed by atoms with Crippen LogP contribution in [-0.4, -0.2) is 19.9 Å². The van der Waals surface area contributed by atoms with Gasteiger partial charge in [0.1, 0.15) is 16.5 Å². The van der Waals surface area contributed by atoms with Crippen LogP contribution in [0.4, 0.5) is 5.82 Å². The Balaban J connectivity index is 1.65. The lowest BCUT2D eigenvalue weighted by Crippen LogP contribution is -2.14. The highest BCUT2D eigenvalue weighted by atomic mass is 32.1. The SMILES string of the molecule is Cc1cc(N[C@@H](c2nc(C)cs2)C2CC2)nc(-c2ccccn2)n1. The van der Waals surface area contributed by atoms with E-state index in [9.17, 15) is 0 Å². The molecule has 24 heavy (non-hydrogen) atoms. The van der Waals surface area contributed by atoms with E-state index in [0.717, 1.165) is 27.9 Å². The number of hydrogen-bond acceptors (Lipinski definition) is 6. The first kappa shape index (κ1) is 15.2. The zero-order valence-electron chi connectivity index (χ0n) is 13.7. The van der Waals surface area contributed by atoms with Gasteiger partial charge in [0.15, 0.2) is 5.82 Å². The van der Waals surface area contributed by atoms with Crippen molar-refractivity contribution < 1.29 is 0 Å². The molecule has 1 saturated carbocycles. The zero-order valence-corrected chi connectivity index (χ0v) is 14.5. The molecule has 1 N–H and O–H groups in total. The number of nitrogens with zero attached hydrogens (tertiary/aromatic N) is 4. The summed E-state index contributed by atoms with van der Waals surface area (Å²) < 4.78 is 0. The van der Waals surface area contributed by atoms with E-state index in [0.29, 0.717) is 11.7 Å². The second kappa shape index (κ2) is 6.28. The average molecular weight is 337 g/mol. The lowest BCUT2D eigenvalue weighted by molar-refractivity contribution is 0.668. The Morgan fingerprint density at radius 2 is 2.00 bits per heavy atom. The Morgan fingerprint density at radius 3 is 2.67 bits per heavy atom. The minimum Gasteiger partial charge on any atom is -0.360 e. The number of rotatable bonds is 5. The number of hydrogen-bond donors (Lipinski definition) is 1. The first-order valence-corrected chi connectivity index (χ1v) is 9.02. The molecule has 5 nitrogen and oxygen atoms in total. The van der Waals surface area contributed by atoms with Gasteiger partial charge >= 0.3 is 0 Å². The molecule has 0 unspecified atom stereocenters. The molecule has 6 heteroatoms. The lowest BCUT2D eigenvalue weighted by atomic mass is 10.2. The minimum absolute atomic E-state index is 0.231.